The Labute approximate surface area is 102 Å². The molecule has 1 aromatic rings. The summed E-state index contributed by atoms with van der Waals surface area (Å²) in [6, 6.07) is 0.286. The van der Waals surface area contributed by atoms with Gasteiger partial charge < -0.3 is 9.30 Å². The molecular weight excluding hydrogens is 216 g/mol. The van der Waals surface area contributed by atoms with Gasteiger partial charge in [-0.05, 0) is 25.7 Å². The van der Waals surface area contributed by atoms with Crippen LogP contribution in [0.25, 0.3) is 0 Å². The van der Waals surface area contributed by atoms with E-state index in [1.165, 1.54) is 0 Å². The third kappa shape index (κ3) is 3.28. The Morgan fingerprint density at radius 3 is 3.24 bits per heavy atom. The van der Waals surface area contributed by atoms with Gasteiger partial charge in [-0.1, -0.05) is 0 Å². The normalized spacial score (nSPS) is 21.9. The first-order valence-corrected chi connectivity index (χ1v) is 6.37. The summed E-state index contributed by atoms with van der Waals surface area (Å²) in [6.07, 6.45) is 6.97. The molecule has 0 amide bonds. The van der Waals surface area contributed by atoms with Crippen LogP contribution in [0, 0.1) is 5.92 Å². The predicted octanol–water partition coefficient (Wildman–Crippen LogP) is 0.704. The SMILES string of the molecule is CCn1ccnc1CC(CC1CCOC1)NN. The summed E-state index contributed by atoms with van der Waals surface area (Å²) < 4.78 is 7.56. The van der Waals surface area contributed by atoms with Crippen molar-refractivity contribution >= 4 is 0 Å². The van der Waals surface area contributed by atoms with Crippen LogP contribution >= 0.6 is 0 Å². The molecule has 1 aliphatic rings. The van der Waals surface area contributed by atoms with Gasteiger partial charge in [-0.15, -0.1) is 0 Å². The summed E-state index contributed by atoms with van der Waals surface area (Å²) >= 11 is 0. The molecule has 5 nitrogen and oxygen atoms in total. The summed E-state index contributed by atoms with van der Waals surface area (Å²) in [6.45, 7) is 4.85. The number of hydrazine groups is 1. The molecule has 5 heteroatoms. The molecule has 2 atom stereocenters. The standard InChI is InChI=1S/C12H22N4O/c1-2-16-5-4-14-12(16)8-11(15-13)7-10-3-6-17-9-10/h4-5,10-11,15H,2-3,6-9,13H2,1H3. The van der Waals surface area contributed by atoms with Crippen molar-refractivity contribution < 1.29 is 4.74 Å². The monoisotopic (exact) mass is 238 g/mol. The van der Waals surface area contributed by atoms with Crippen LogP contribution < -0.4 is 11.3 Å². The van der Waals surface area contributed by atoms with E-state index in [2.05, 4.69) is 21.9 Å². The van der Waals surface area contributed by atoms with E-state index >= 15 is 0 Å². The molecular formula is C12H22N4O. The Balaban J connectivity index is 1.90. The van der Waals surface area contributed by atoms with Crippen LogP contribution in [0.5, 0.6) is 0 Å². The Kier molecular flexibility index (Phi) is 4.53. The van der Waals surface area contributed by atoms with Crippen molar-refractivity contribution in [2.24, 2.45) is 11.8 Å². The topological polar surface area (TPSA) is 65.1 Å². The molecule has 96 valence electrons. The molecule has 2 heterocycles. The lowest BCUT2D eigenvalue weighted by Crippen LogP contribution is -2.39. The molecule has 0 saturated carbocycles. The predicted molar refractivity (Wildman–Crippen MR) is 66.3 cm³/mol. The fraction of sp³-hybridized carbons (Fsp3) is 0.750. The fourth-order valence-corrected chi connectivity index (χ4v) is 2.42. The molecule has 2 rings (SSSR count). The van der Waals surface area contributed by atoms with E-state index in [9.17, 15) is 0 Å². The second kappa shape index (κ2) is 6.14. The van der Waals surface area contributed by atoms with Crippen LogP contribution in [-0.4, -0.2) is 28.8 Å². The number of nitrogens with two attached hydrogens (primary N) is 1. The molecule has 17 heavy (non-hydrogen) atoms. The van der Waals surface area contributed by atoms with Crippen molar-refractivity contribution in [3.05, 3.63) is 18.2 Å². The zero-order chi connectivity index (χ0) is 12.1. The fourth-order valence-electron chi connectivity index (χ4n) is 2.42. The van der Waals surface area contributed by atoms with Crippen molar-refractivity contribution in [3.8, 4) is 0 Å². The highest BCUT2D eigenvalue weighted by atomic mass is 16.5. The van der Waals surface area contributed by atoms with E-state index in [0.29, 0.717) is 5.92 Å². The third-order valence-electron chi connectivity index (χ3n) is 3.45. The highest BCUT2D eigenvalue weighted by Crippen LogP contribution is 2.19. The minimum atomic E-state index is 0.286. The quantitative estimate of drug-likeness (QED) is 0.566. The van der Waals surface area contributed by atoms with Crippen LogP contribution in [0.1, 0.15) is 25.6 Å². The average molecular weight is 238 g/mol. The Hall–Kier alpha value is -0.910. The van der Waals surface area contributed by atoms with E-state index in [1.54, 1.807) is 0 Å². The number of rotatable bonds is 6. The van der Waals surface area contributed by atoms with Gasteiger partial charge in [0.25, 0.3) is 0 Å². The molecule has 0 spiro atoms. The van der Waals surface area contributed by atoms with Gasteiger partial charge in [0.05, 0.1) is 0 Å². The molecule has 2 unspecified atom stereocenters. The van der Waals surface area contributed by atoms with Gasteiger partial charge in [0, 0.05) is 44.6 Å². The maximum Gasteiger partial charge on any atom is 0.110 e. The van der Waals surface area contributed by atoms with Gasteiger partial charge >= 0.3 is 0 Å². The molecule has 0 aromatic carbocycles. The highest BCUT2D eigenvalue weighted by Gasteiger charge is 2.21. The highest BCUT2D eigenvalue weighted by molar-refractivity contribution is 4.95. The number of hydrogen-bond acceptors (Lipinski definition) is 4. The van der Waals surface area contributed by atoms with Crippen molar-refractivity contribution in [2.75, 3.05) is 13.2 Å². The zero-order valence-electron chi connectivity index (χ0n) is 10.4. The lowest BCUT2D eigenvalue weighted by atomic mass is 9.97. The first kappa shape index (κ1) is 12.5. The van der Waals surface area contributed by atoms with E-state index in [0.717, 1.165) is 44.8 Å². The van der Waals surface area contributed by atoms with Gasteiger partial charge in [0.2, 0.25) is 0 Å². The van der Waals surface area contributed by atoms with E-state index in [-0.39, 0.29) is 6.04 Å². The van der Waals surface area contributed by atoms with Gasteiger partial charge in [0.15, 0.2) is 0 Å². The summed E-state index contributed by atoms with van der Waals surface area (Å²) in [5.74, 6) is 7.38. The first-order chi connectivity index (χ1) is 8.33. The van der Waals surface area contributed by atoms with Crippen molar-refractivity contribution in [3.63, 3.8) is 0 Å². The van der Waals surface area contributed by atoms with Crippen LogP contribution in [0.2, 0.25) is 0 Å². The third-order valence-corrected chi connectivity index (χ3v) is 3.45. The number of hydrogen-bond donors (Lipinski definition) is 2. The summed E-state index contributed by atoms with van der Waals surface area (Å²) in [4.78, 5) is 4.39. The minimum absolute atomic E-state index is 0.286. The largest absolute Gasteiger partial charge is 0.381 e. The van der Waals surface area contributed by atoms with E-state index < -0.39 is 0 Å². The van der Waals surface area contributed by atoms with Crippen molar-refractivity contribution in [1.29, 1.82) is 0 Å². The lowest BCUT2D eigenvalue weighted by molar-refractivity contribution is 0.181. The van der Waals surface area contributed by atoms with Crippen LogP contribution in [0.15, 0.2) is 12.4 Å². The number of nitrogens with zero attached hydrogens (tertiary/aromatic N) is 2. The summed E-state index contributed by atoms with van der Waals surface area (Å²) in [5, 5.41) is 0. The van der Waals surface area contributed by atoms with Crippen LogP contribution in [-0.2, 0) is 17.7 Å². The minimum Gasteiger partial charge on any atom is -0.381 e. The molecule has 0 bridgehead atoms. The first-order valence-electron chi connectivity index (χ1n) is 6.37. The molecule has 1 aliphatic heterocycles. The van der Waals surface area contributed by atoms with Gasteiger partial charge in [-0.3, -0.25) is 11.3 Å². The van der Waals surface area contributed by atoms with Crippen LogP contribution in [0.4, 0.5) is 0 Å². The number of imidazole rings is 1. The van der Waals surface area contributed by atoms with E-state index in [1.807, 2.05) is 12.4 Å². The molecule has 1 fully saturated rings. The van der Waals surface area contributed by atoms with Gasteiger partial charge in [0.1, 0.15) is 5.82 Å². The Morgan fingerprint density at radius 2 is 2.59 bits per heavy atom. The zero-order valence-corrected chi connectivity index (χ0v) is 10.4. The van der Waals surface area contributed by atoms with Crippen molar-refractivity contribution in [2.45, 2.75) is 38.8 Å². The Morgan fingerprint density at radius 1 is 1.71 bits per heavy atom. The molecule has 1 saturated heterocycles. The maximum atomic E-state index is 5.63. The van der Waals surface area contributed by atoms with Crippen molar-refractivity contribution in [1.82, 2.24) is 15.0 Å². The molecule has 3 N–H and O–H groups in total. The molecule has 1 aromatic heterocycles. The van der Waals surface area contributed by atoms with Gasteiger partial charge in [-0.25, -0.2) is 4.98 Å². The second-order valence-electron chi connectivity index (χ2n) is 4.66. The number of aromatic nitrogens is 2. The lowest BCUT2D eigenvalue weighted by Gasteiger charge is -2.19. The maximum absolute atomic E-state index is 5.63. The Bertz CT molecular complexity index is 333. The van der Waals surface area contributed by atoms with Crippen LogP contribution in [0.3, 0.4) is 0 Å². The average Bonchev–Trinajstić information content (AvgIpc) is 2.99. The van der Waals surface area contributed by atoms with Gasteiger partial charge in [-0.2, -0.15) is 0 Å². The number of nitrogens with one attached hydrogen (secondary N) is 1. The second-order valence-corrected chi connectivity index (χ2v) is 4.66. The van der Waals surface area contributed by atoms with E-state index in [4.69, 9.17) is 10.6 Å². The smallest absolute Gasteiger partial charge is 0.110 e. The summed E-state index contributed by atoms with van der Waals surface area (Å²) in [7, 11) is 0. The molecule has 0 radical (unpaired) electrons. The number of ether oxygens (including phenoxy) is 1. The number of aryl methyl sites for hydroxylation is 1. The molecule has 0 aliphatic carbocycles. The summed E-state index contributed by atoms with van der Waals surface area (Å²) in [5.41, 5.74) is 2.91.